The molecule has 0 aromatic heterocycles. The molecule has 0 spiro atoms. The third kappa shape index (κ3) is 4.73. The largest absolute Gasteiger partial charge is 0.495 e. The first-order valence-electron chi connectivity index (χ1n) is 7.35. The number of carboxylic acids is 1. The molecule has 8 nitrogen and oxygen atoms in total. The molecule has 2 aromatic rings. The predicted octanol–water partition coefficient (Wildman–Crippen LogP) is 2.55. The summed E-state index contributed by atoms with van der Waals surface area (Å²) in [6.45, 7) is -0.00631. The van der Waals surface area contributed by atoms with E-state index in [-0.39, 0.29) is 22.9 Å². The Labute approximate surface area is 150 Å². The molecule has 0 heterocycles. The highest BCUT2D eigenvalue weighted by atomic mass is 32.2. The zero-order chi connectivity index (χ0) is 19.3. The number of sulfone groups is 1. The second kappa shape index (κ2) is 7.87. The first-order valence-corrected chi connectivity index (χ1v) is 9.24. The zero-order valence-corrected chi connectivity index (χ0v) is 14.9. The molecule has 0 unspecified atom stereocenters. The van der Waals surface area contributed by atoms with Crippen molar-refractivity contribution in [2.24, 2.45) is 0 Å². The first kappa shape index (κ1) is 19.3. The SMILES string of the molecule is COc1cc(NC(=O)OCc2ccccc2)c(C(=O)O)cc1S(C)(=O)=O. The highest BCUT2D eigenvalue weighted by Gasteiger charge is 2.22. The van der Waals surface area contributed by atoms with Crippen LogP contribution in [0, 0.1) is 0 Å². The van der Waals surface area contributed by atoms with E-state index in [1.807, 2.05) is 6.07 Å². The fourth-order valence-electron chi connectivity index (χ4n) is 2.16. The molecule has 2 N–H and O–H groups in total. The number of aromatic carboxylic acids is 1. The molecule has 0 aliphatic heterocycles. The smallest absolute Gasteiger partial charge is 0.411 e. The summed E-state index contributed by atoms with van der Waals surface area (Å²) in [5.41, 5.74) is 0.216. The van der Waals surface area contributed by atoms with Gasteiger partial charge in [-0.2, -0.15) is 0 Å². The van der Waals surface area contributed by atoms with Crippen LogP contribution >= 0.6 is 0 Å². The summed E-state index contributed by atoms with van der Waals surface area (Å²) >= 11 is 0. The second-order valence-corrected chi connectivity index (χ2v) is 7.30. The number of carbonyl (C=O) groups is 2. The van der Waals surface area contributed by atoms with Crippen molar-refractivity contribution in [3.63, 3.8) is 0 Å². The summed E-state index contributed by atoms with van der Waals surface area (Å²) in [4.78, 5) is 23.1. The molecule has 0 bridgehead atoms. The Bertz CT molecular complexity index is 924. The van der Waals surface area contributed by atoms with Crippen LogP contribution in [0.4, 0.5) is 10.5 Å². The maximum atomic E-state index is 12.0. The van der Waals surface area contributed by atoms with Crippen LogP contribution in [0.2, 0.25) is 0 Å². The van der Waals surface area contributed by atoms with E-state index in [1.165, 1.54) is 7.11 Å². The van der Waals surface area contributed by atoms with Gasteiger partial charge < -0.3 is 14.6 Å². The van der Waals surface area contributed by atoms with Gasteiger partial charge in [0.25, 0.3) is 0 Å². The Morgan fingerprint density at radius 2 is 1.81 bits per heavy atom. The Balaban J connectivity index is 2.27. The maximum Gasteiger partial charge on any atom is 0.411 e. The molecule has 0 saturated heterocycles. The van der Waals surface area contributed by atoms with Gasteiger partial charge in [0.05, 0.1) is 18.4 Å². The Kier molecular flexibility index (Phi) is 5.83. The van der Waals surface area contributed by atoms with Crippen molar-refractivity contribution in [3.05, 3.63) is 53.6 Å². The maximum absolute atomic E-state index is 12.0. The molecule has 0 atom stereocenters. The van der Waals surface area contributed by atoms with Gasteiger partial charge in [0.2, 0.25) is 0 Å². The molecule has 0 fully saturated rings. The van der Waals surface area contributed by atoms with Gasteiger partial charge in [-0.25, -0.2) is 18.0 Å². The zero-order valence-electron chi connectivity index (χ0n) is 14.1. The first-order chi connectivity index (χ1) is 12.2. The van der Waals surface area contributed by atoms with Crippen LogP contribution < -0.4 is 10.1 Å². The molecule has 0 saturated carbocycles. The van der Waals surface area contributed by atoms with Gasteiger partial charge in [-0.3, -0.25) is 5.32 Å². The molecule has 0 radical (unpaired) electrons. The minimum atomic E-state index is -3.73. The van der Waals surface area contributed by atoms with Gasteiger partial charge in [-0.05, 0) is 11.6 Å². The number of carbonyl (C=O) groups excluding carboxylic acids is 1. The van der Waals surface area contributed by atoms with Crippen molar-refractivity contribution >= 4 is 27.6 Å². The summed E-state index contributed by atoms with van der Waals surface area (Å²) < 4.78 is 33.6. The lowest BCUT2D eigenvalue weighted by Gasteiger charge is -2.14. The van der Waals surface area contributed by atoms with Crippen LogP contribution in [-0.4, -0.2) is 39.0 Å². The molecule has 26 heavy (non-hydrogen) atoms. The molecule has 2 rings (SSSR count). The summed E-state index contributed by atoms with van der Waals surface area (Å²) in [7, 11) is -2.49. The van der Waals surface area contributed by atoms with E-state index in [4.69, 9.17) is 9.47 Å². The standard InChI is InChI=1S/C17H17NO7S/c1-24-14-9-13(12(16(19)20)8-15(14)26(2,22)23)18-17(21)25-10-11-6-4-3-5-7-11/h3-9H,10H2,1-2H3,(H,18,21)(H,19,20). The van der Waals surface area contributed by atoms with Crippen LogP contribution in [0.25, 0.3) is 0 Å². The number of anilines is 1. The van der Waals surface area contributed by atoms with Gasteiger partial charge in [0.15, 0.2) is 9.84 Å². The average Bonchev–Trinajstić information content (AvgIpc) is 2.59. The summed E-state index contributed by atoms with van der Waals surface area (Å²) in [6, 6.07) is 11.0. The fraction of sp³-hybridized carbons (Fsp3) is 0.176. The van der Waals surface area contributed by atoms with Gasteiger partial charge >= 0.3 is 12.1 Å². The van der Waals surface area contributed by atoms with Crippen molar-refractivity contribution in [1.29, 1.82) is 0 Å². The van der Waals surface area contributed by atoms with Crippen molar-refractivity contribution in [1.82, 2.24) is 0 Å². The second-order valence-electron chi connectivity index (χ2n) is 5.31. The van der Waals surface area contributed by atoms with E-state index in [9.17, 15) is 23.1 Å². The molecule has 9 heteroatoms. The van der Waals surface area contributed by atoms with Crippen molar-refractivity contribution in [2.45, 2.75) is 11.5 Å². The number of rotatable bonds is 6. The van der Waals surface area contributed by atoms with Crippen molar-refractivity contribution in [2.75, 3.05) is 18.7 Å². The molecular weight excluding hydrogens is 362 g/mol. The van der Waals surface area contributed by atoms with Gasteiger partial charge in [0, 0.05) is 12.3 Å². The number of amides is 1. The fourth-order valence-corrected chi connectivity index (χ4v) is 3.00. The molecule has 0 aliphatic carbocycles. The number of hydrogen-bond acceptors (Lipinski definition) is 6. The Hall–Kier alpha value is -3.07. The van der Waals surface area contributed by atoms with Crippen LogP contribution in [0.15, 0.2) is 47.4 Å². The average molecular weight is 379 g/mol. The quantitative estimate of drug-likeness (QED) is 0.791. The van der Waals surface area contributed by atoms with Gasteiger partial charge in [-0.1, -0.05) is 30.3 Å². The third-order valence-electron chi connectivity index (χ3n) is 3.38. The van der Waals surface area contributed by atoms with E-state index < -0.39 is 27.5 Å². The number of hydrogen-bond donors (Lipinski definition) is 2. The minimum Gasteiger partial charge on any atom is -0.495 e. The van der Waals surface area contributed by atoms with E-state index >= 15 is 0 Å². The summed E-state index contributed by atoms with van der Waals surface area (Å²) in [5.74, 6) is -1.49. The number of nitrogens with one attached hydrogen (secondary N) is 1. The molecule has 0 aliphatic rings. The highest BCUT2D eigenvalue weighted by Crippen LogP contribution is 2.31. The lowest BCUT2D eigenvalue weighted by Crippen LogP contribution is -2.17. The van der Waals surface area contributed by atoms with E-state index in [0.717, 1.165) is 24.0 Å². The van der Waals surface area contributed by atoms with Gasteiger partial charge in [-0.15, -0.1) is 0 Å². The highest BCUT2D eigenvalue weighted by molar-refractivity contribution is 7.90. The number of carboxylic acid groups (broad SMARTS) is 1. The molecule has 1 amide bonds. The predicted molar refractivity (Wildman–Crippen MR) is 93.3 cm³/mol. The summed E-state index contributed by atoms with van der Waals surface area (Å²) in [5, 5.41) is 11.6. The Morgan fingerprint density at radius 3 is 2.35 bits per heavy atom. The monoisotopic (exact) mass is 379 g/mol. The van der Waals surface area contributed by atoms with Crippen LogP contribution in [-0.2, 0) is 21.2 Å². The van der Waals surface area contributed by atoms with Crippen molar-refractivity contribution < 1.29 is 32.6 Å². The van der Waals surface area contributed by atoms with Gasteiger partial charge in [0.1, 0.15) is 17.3 Å². The third-order valence-corrected chi connectivity index (χ3v) is 4.50. The van der Waals surface area contributed by atoms with Crippen molar-refractivity contribution in [3.8, 4) is 5.75 Å². The number of methoxy groups -OCH3 is 1. The lowest BCUT2D eigenvalue weighted by molar-refractivity contribution is 0.0697. The molecule has 2 aromatic carbocycles. The minimum absolute atomic E-state index is 0.00631. The van der Waals surface area contributed by atoms with Crippen LogP contribution in [0.5, 0.6) is 5.75 Å². The molecule has 138 valence electrons. The number of benzene rings is 2. The summed E-state index contributed by atoms with van der Waals surface area (Å²) in [6.07, 6.45) is 0.0445. The molecular formula is C17H17NO7S. The number of ether oxygens (including phenoxy) is 2. The Morgan fingerprint density at radius 1 is 1.15 bits per heavy atom. The lowest BCUT2D eigenvalue weighted by atomic mass is 10.1. The van der Waals surface area contributed by atoms with E-state index in [2.05, 4.69) is 5.32 Å². The van der Waals surface area contributed by atoms with E-state index in [0.29, 0.717) is 0 Å². The van der Waals surface area contributed by atoms with E-state index in [1.54, 1.807) is 24.3 Å². The normalized spacial score (nSPS) is 10.8. The topological polar surface area (TPSA) is 119 Å². The van der Waals surface area contributed by atoms with Crippen LogP contribution in [0.3, 0.4) is 0 Å². The van der Waals surface area contributed by atoms with Crippen LogP contribution in [0.1, 0.15) is 15.9 Å².